The van der Waals surface area contributed by atoms with Crippen LogP contribution in [0, 0.1) is 5.41 Å². The zero-order valence-electron chi connectivity index (χ0n) is 11.0. The molecule has 1 aliphatic heterocycles. The maximum absolute atomic E-state index is 6.17. The lowest BCUT2D eigenvalue weighted by Crippen LogP contribution is -2.45. The fourth-order valence-electron chi connectivity index (χ4n) is 1.81. The quantitative estimate of drug-likeness (QED) is 0.856. The molecule has 1 aromatic carbocycles. The van der Waals surface area contributed by atoms with Gasteiger partial charge in [-0.15, -0.1) is 0 Å². The van der Waals surface area contributed by atoms with Crippen molar-refractivity contribution in [2.24, 2.45) is 5.41 Å². The fraction of sp³-hybridized carbons (Fsp3) is 0.571. The SMILES string of the molecule is CCCOc1ccc(NCC2(C)COC2)cc1Cl. The summed E-state index contributed by atoms with van der Waals surface area (Å²) in [4.78, 5) is 0. The topological polar surface area (TPSA) is 30.5 Å². The Bertz CT molecular complexity index is 405. The summed E-state index contributed by atoms with van der Waals surface area (Å²) in [6.07, 6.45) is 0.981. The number of hydrogen-bond acceptors (Lipinski definition) is 3. The second kappa shape index (κ2) is 5.81. The maximum atomic E-state index is 6.17. The number of hydrogen-bond donors (Lipinski definition) is 1. The molecule has 1 fully saturated rings. The Labute approximate surface area is 113 Å². The minimum Gasteiger partial charge on any atom is -0.492 e. The lowest BCUT2D eigenvalue weighted by molar-refractivity contribution is -0.0924. The van der Waals surface area contributed by atoms with Crippen LogP contribution in [0.4, 0.5) is 5.69 Å². The van der Waals surface area contributed by atoms with Crippen LogP contribution in [0.2, 0.25) is 5.02 Å². The van der Waals surface area contributed by atoms with Crippen molar-refractivity contribution in [1.82, 2.24) is 0 Å². The third-order valence-electron chi connectivity index (χ3n) is 3.01. The van der Waals surface area contributed by atoms with Crippen LogP contribution in [0.15, 0.2) is 18.2 Å². The average molecular weight is 270 g/mol. The Hall–Kier alpha value is -0.930. The van der Waals surface area contributed by atoms with E-state index in [1.807, 2.05) is 18.2 Å². The van der Waals surface area contributed by atoms with Crippen LogP contribution >= 0.6 is 11.6 Å². The smallest absolute Gasteiger partial charge is 0.138 e. The molecule has 4 heteroatoms. The van der Waals surface area contributed by atoms with Crippen molar-refractivity contribution in [3.63, 3.8) is 0 Å². The Morgan fingerprint density at radius 2 is 2.22 bits per heavy atom. The second-order valence-corrected chi connectivity index (χ2v) is 5.56. The number of halogens is 1. The second-order valence-electron chi connectivity index (χ2n) is 5.15. The number of nitrogens with one attached hydrogen (secondary N) is 1. The summed E-state index contributed by atoms with van der Waals surface area (Å²) in [7, 11) is 0. The van der Waals surface area contributed by atoms with E-state index < -0.39 is 0 Å². The van der Waals surface area contributed by atoms with Crippen LogP contribution in [0.5, 0.6) is 5.75 Å². The molecule has 1 N–H and O–H groups in total. The molecule has 0 bridgehead atoms. The summed E-state index contributed by atoms with van der Waals surface area (Å²) in [6.45, 7) is 7.53. The van der Waals surface area contributed by atoms with E-state index in [0.717, 1.165) is 37.6 Å². The van der Waals surface area contributed by atoms with Crippen molar-refractivity contribution >= 4 is 17.3 Å². The zero-order valence-corrected chi connectivity index (χ0v) is 11.7. The Morgan fingerprint density at radius 1 is 1.44 bits per heavy atom. The standard InChI is InChI=1S/C14H20ClNO2/c1-3-6-18-13-5-4-11(7-12(13)15)16-8-14(2)9-17-10-14/h4-5,7,16H,3,6,8-10H2,1-2H3. The van der Waals surface area contributed by atoms with Gasteiger partial charge in [-0.2, -0.15) is 0 Å². The van der Waals surface area contributed by atoms with Crippen molar-refractivity contribution in [3.05, 3.63) is 23.2 Å². The largest absolute Gasteiger partial charge is 0.492 e. The first kappa shape index (κ1) is 13.5. The van der Waals surface area contributed by atoms with E-state index in [0.29, 0.717) is 11.6 Å². The Balaban J connectivity index is 1.91. The van der Waals surface area contributed by atoms with Gasteiger partial charge >= 0.3 is 0 Å². The normalized spacial score (nSPS) is 17.1. The highest BCUT2D eigenvalue weighted by Crippen LogP contribution is 2.30. The predicted molar refractivity (Wildman–Crippen MR) is 74.7 cm³/mol. The summed E-state index contributed by atoms with van der Waals surface area (Å²) in [5.41, 5.74) is 1.28. The van der Waals surface area contributed by atoms with Crippen molar-refractivity contribution in [2.45, 2.75) is 20.3 Å². The summed E-state index contributed by atoms with van der Waals surface area (Å²) in [5, 5.41) is 4.05. The zero-order chi connectivity index (χ0) is 13.0. The van der Waals surface area contributed by atoms with Crippen LogP contribution in [0.1, 0.15) is 20.3 Å². The Kier molecular flexibility index (Phi) is 4.36. The van der Waals surface area contributed by atoms with Crippen molar-refractivity contribution in [3.8, 4) is 5.75 Å². The minimum atomic E-state index is 0.254. The molecule has 1 aromatic rings. The molecule has 1 saturated heterocycles. The highest BCUT2D eigenvalue weighted by atomic mass is 35.5. The van der Waals surface area contributed by atoms with Gasteiger partial charge in [-0.25, -0.2) is 0 Å². The van der Waals surface area contributed by atoms with Gasteiger partial charge in [-0.3, -0.25) is 0 Å². The van der Waals surface area contributed by atoms with Gasteiger partial charge in [0.15, 0.2) is 0 Å². The molecule has 0 saturated carbocycles. The van der Waals surface area contributed by atoms with E-state index in [4.69, 9.17) is 21.1 Å². The third-order valence-corrected chi connectivity index (χ3v) is 3.31. The average Bonchev–Trinajstić information content (AvgIpc) is 2.33. The molecule has 0 spiro atoms. The van der Waals surface area contributed by atoms with E-state index in [-0.39, 0.29) is 5.41 Å². The fourth-order valence-corrected chi connectivity index (χ4v) is 2.04. The van der Waals surface area contributed by atoms with Crippen LogP contribution in [0.25, 0.3) is 0 Å². The van der Waals surface area contributed by atoms with Crippen molar-refractivity contribution in [1.29, 1.82) is 0 Å². The first-order valence-corrected chi connectivity index (χ1v) is 6.75. The first-order valence-electron chi connectivity index (χ1n) is 6.37. The molecule has 0 aromatic heterocycles. The van der Waals surface area contributed by atoms with E-state index in [2.05, 4.69) is 19.2 Å². The van der Waals surface area contributed by atoms with Crippen molar-refractivity contribution < 1.29 is 9.47 Å². The number of rotatable bonds is 6. The predicted octanol–water partition coefficient (Wildman–Crippen LogP) is 3.58. The summed E-state index contributed by atoms with van der Waals surface area (Å²) in [6, 6.07) is 5.83. The lowest BCUT2D eigenvalue weighted by atomic mass is 9.89. The molecule has 1 heterocycles. The molecule has 3 nitrogen and oxygen atoms in total. The van der Waals surface area contributed by atoms with Gasteiger partial charge in [-0.1, -0.05) is 25.4 Å². The van der Waals surface area contributed by atoms with Gasteiger partial charge in [0.05, 0.1) is 24.8 Å². The van der Waals surface area contributed by atoms with Crippen LogP contribution in [-0.4, -0.2) is 26.4 Å². The molecule has 0 radical (unpaired) electrons. The van der Waals surface area contributed by atoms with Gasteiger partial charge in [0.25, 0.3) is 0 Å². The molecule has 0 aliphatic carbocycles. The van der Waals surface area contributed by atoms with E-state index in [1.165, 1.54) is 0 Å². The van der Waals surface area contributed by atoms with Crippen molar-refractivity contribution in [2.75, 3.05) is 31.7 Å². The van der Waals surface area contributed by atoms with E-state index in [1.54, 1.807) is 0 Å². The highest BCUT2D eigenvalue weighted by molar-refractivity contribution is 6.32. The number of benzene rings is 1. The molecule has 100 valence electrons. The lowest BCUT2D eigenvalue weighted by Gasteiger charge is -2.38. The van der Waals surface area contributed by atoms with Crippen LogP contribution in [-0.2, 0) is 4.74 Å². The molecule has 2 rings (SSSR count). The summed E-state index contributed by atoms with van der Waals surface area (Å²) >= 11 is 6.17. The molecule has 0 unspecified atom stereocenters. The van der Waals surface area contributed by atoms with Gasteiger partial charge in [0.1, 0.15) is 5.75 Å². The highest BCUT2D eigenvalue weighted by Gasteiger charge is 2.32. The van der Waals surface area contributed by atoms with Gasteiger partial charge in [-0.05, 0) is 24.6 Å². The van der Waals surface area contributed by atoms with Gasteiger partial charge in [0.2, 0.25) is 0 Å². The molecule has 0 amide bonds. The monoisotopic (exact) mass is 269 g/mol. The van der Waals surface area contributed by atoms with E-state index >= 15 is 0 Å². The summed E-state index contributed by atoms with van der Waals surface area (Å²) < 4.78 is 10.8. The molecular formula is C14H20ClNO2. The molecule has 0 atom stereocenters. The number of ether oxygens (including phenoxy) is 2. The summed E-state index contributed by atoms with van der Waals surface area (Å²) in [5.74, 6) is 0.752. The van der Waals surface area contributed by atoms with Gasteiger partial charge < -0.3 is 14.8 Å². The molecular weight excluding hydrogens is 250 g/mol. The molecule has 18 heavy (non-hydrogen) atoms. The minimum absolute atomic E-state index is 0.254. The van der Waals surface area contributed by atoms with E-state index in [9.17, 15) is 0 Å². The van der Waals surface area contributed by atoms with Crippen LogP contribution < -0.4 is 10.1 Å². The molecule has 1 aliphatic rings. The van der Waals surface area contributed by atoms with Gasteiger partial charge in [0, 0.05) is 17.6 Å². The first-order chi connectivity index (χ1) is 8.63. The number of anilines is 1. The Morgan fingerprint density at radius 3 is 2.78 bits per heavy atom. The third kappa shape index (κ3) is 3.30. The van der Waals surface area contributed by atoms with Crippen LogP contribution in [0.3, 0.4) is 0 Å². The maximum Gasteiger partial charge on any atom is 0.138 e.